The second-order valence-corrected chi connectivity index (χ2v) is 8.71. The van der Waals surface area contributed by atoms with E-state index in [0.29, 0.717) is 20.5 Å². The molecule has 1 aliphatic rings. The molecule has 1 aliphatic heterocycles. The average molecular weight is 484 g/mol. The lowest BCUT2D eigenvalue weighted by Crippen LogP contribution is -2.41. The molecule has 0 aliphatic carbocycles. The molecule has 0 bridgehead atoms. The van der Waals surface area contributed by atoms with Crippen LogP contribution in [0, 0.1) is 0 Å². The Morgan fingerprint density at radius 3 is 2.63 bits per heavy atom. The summed E-state index contributed by atoms with van der Waals surface area (Å²) in [4.78, 5) is 50.1. The Morgan fingerprint density at radius 1 is 1.10 bits per heavy atom. The fourth-order valence-corrected chi connectivity index (χ4v) is 4.35. The third kappa shape index (κ3) is 5.42. The highest BCUT2D eigenvalue weighted by molar-refractivity contribution is 8.18. The summed E-state index contributed by atoms with van der Waals surface area (Å²) in [5, 5.41) is 7.03. The van der Waals surface area contributed by atoms with E-state index in [1.807, 2.05) is 0 Å². The van der Waals surface area contributed by atoms with Crippen molar-refractivity contribution in [2.45, 2.75) is 0 Å². The van der Waals surface area contributed by atoms with Crippen LogP contribution in [0.4, 0.5) is 4.79 Å². The fourth-order valence-electron chi connectivity index (χ4n) is 2.49. The number of rotatable bonds is 7. The number of carbonyl (C=O) groups is 4. The van der Waals surface area contributed by atoms with E-state index in [1.165, 1.54) is 17.4 Å². The molecule has 3 rings (SSSR count). The van der Waals surface area contributed by atoms with Crippen LogP contribution >= 0.6 is 46.3 Å². The molecule has 0 saturated carbocycles. The van der Waals surface area contributed by atoms with Crippen LogP contribution in [-0.2, 0) is 9.59 Å². The van der Waals surface area contributed by atoms with E-state index in [2.05, 4.69) is 10.6 Å². The maximum absolute atomic E-state index is 12.5. The first kappa shape index (κ1) is 22.4. The molecule has 0 spiro atoms. The summed E-state index contributed by atoms with van der Waals surface area (Å²) in [6.45, 7) is -0.126. The van der Waals surface area contributed by atoms with Crippen LogP contribution in [0.2, 0.25) is 10.0 Å². The number of carbonyl (C=O) groups excluding carboxylic acids is 4. The minimum Gasteiger partial charge on any atom is -0.353 e. The van der Waals surface area contributed by atoms with Gasteiger partial charge in [0.25, 0.3) is 17.1 Å². The number of hydrogen-bond donors (Lipinski definition) is 2. The van der Waals surface area contributed by atoms with E-state index in [-0.39, 0.29) is 30.4 Å². The molecule has 2 N–H and O–H groups in total. The van der Waals surface area contributed by atoms with Gasteiger partial charge in [-0.1, -0.05) is 41.4 Å². The van der Waals surface area contributed by atoms with Crippen LogP contribution in [0.5, 0.6) is 0 Å². The van der Waals surface area contributed by atoms with Crippen molar-refractivity contribution >= 4 is 75.3 Å². The Morgan fingerprint density at radius 2 is 1.90 bits per heavy atom. The van der Waals surface area contributed by atoms with Crippen LogP contribution in [0.1, 0.15) is 15.2 Å². The first-order valence-electron chi connectivity index (χ1n) is 8.64. The van der Waals surface area contributed by atoms with Crippen LogP contribution in [-0.4, -0.2) is 47.5 Å². The molecule has 11 heteroatoms. The topological polar surface area (TPSA) is 95.6 Å². The monoisotopic (exact) mass is 483 g/mol. The zero-order valence-corrected chi connectivity index (χ0v) is 18.5. The highest BCUT2D eigenvalue weighted by Crippen LogP contribution is 2.34. The van der Waals surface area contributed by atoms with Gasteiger partial charge in [0.2, 0.25) is 5.91 Å². The van der Waals surface area contributed by atoms with E-state index >= 15 is 0 Å². The van der Waals surface area contributed by atoms with Gasteiger partial charge in [0.15, 0.2) is 0 Å². The van der Waals surface area contributed by atoms with Gasteiger partial charge in [0.1, 0.15) is 0 Å². The number of benzene rings is 1. The van der Waals surface area contributed by atoms with Crippen molar-refractivity contribution in [2.75, 3.05) is 19.6 Å². The van der Waals surface area contributed by atoms with Crippen LogP contribution in [0.25, 0.3) is 6.08 Å². The number of hydrogen-bond acceptors (Lipinski definition) is 6. The number of thioether (sulfide) groups is 1. The molecule has 2 heterocycles. The van der Waals surface area contributed by atoms with Crippen molar-refractivity contribution in [2.24, 2.45) is 0 Å². The van der Waals surface area contributed by atoms with E-state index in [0.717, 1.165) is 16.7 Å². The normalized spacial score (nSPS) is 15.0. The van der Waals surface area contributed by atoms with Gasteiger partial charge in [-0.3, -0.25) is 24.1 Å². The quantitative estimate of drug-likeness (QED) is 0.586. The SMILES string of the molecule is O=C(CNC(=O)c1cccs1)NCCN1C(=O)S/C(=C\c2cccc(Cl)c2Cl)C1=O. The Balaban J connectivity index is 1.50. The minimum absolute atomic E-state index is 0.00982. The highest BCUT2D eigenvalue weighted by Gasteiger charge is 2.34. The number of nitrogens with one attached hydrogen (secondary N) is 2. The first-order chi connectivity index (χ1) is 14.4. The summed E-state index contributed by atoms with van der Waals surface area (Å²) in [5.74, 6) is -1.23. The Bertz CT molecular complexity index is 1020. The summed E-state index contributed by atoms with van der Waals surface area (Å²) >= 11 is 14.2. The molecule has 7 nitrogen and oxygen atoms in total. The summed E-state index contributed by atoms with van der Waals surface area (Å²) in [6.07, 6.45) is 1.51. The number of halogens is 2. The molecular weight excluding hydrogens is 469 g/mol. The van der Waals surface area contributed by atoms with Crippen LogP contribution in [0.15, 0.2) is 40.6 Å². The van der Waals surface area contributed by atoms with Gasteiger partial charge in [-0.05, 0) is 40.9 Å². The van der Waals surface area contributed by atoms with Crippen LogP contribution in [0.3, 0.4) is 0 Å². The largest absolute Gasteiger partial charge is 0.353 e. The van der Waals surface area contributed by atoms with E-state index in [9.17, 15) is 19.2 Å². The van der Waals surface area contributed by atoms with Gasteiger partial charge in [0, 0.05) is 13.1 Å². The maximum Gasteiger partial charge on any atom is 0.293 e. The summed E-state index contributed by atoms with van der Waals surface area (Å²) in [6, 6.07) is 8.40. The molecule has 0 radical (unpaired) electrons. The third-order valence-corrected chi connectivity index (χ3v) is 6.56. The molecule has 0 unspecified atom stereocenters. The highest BCUT2D eigenvalue weighted by atomic mass is 35.5. The Kier molecular flexibility index (Phi) is 7.54. The predicted octanol–water partition coefficient (Wildman–Crippen LogP) is 3.64. The van der Waals surface area contributed by atoms with Gasteiger partial charge >= 0.3 is 0 Å². The molecule has 1 aromatic heterocycles. The second kappa shape index (κ2) is 10.1. The van der Waals surface area contributed by atoms with Crippen molar-refractivity contribution in [3.8, 4) is 0 Å². The van der Waals surface area contributed by atoms with Gasteiger partial charge < -0.3 is 10.6 Å². The van der Waals surface area contributed by atoms with E-state index in [4.69, 9.17) is 23.2 Å². The van der Waals surface area contributed by atoms with Gasteiger partial charge in [-0.2, -0.15) is 0 Å². The van der Waals surface area contributed by atoms with E-state index < -0.39 is 17.1 Å². The molecular formula is C19H15Cl2N3O4S2. The van der Waals surface area contributed by atoms with Gasteiger partial charge in [0.05, 0.1) is 26.4 Å². The third-order valence-electron chi connectivity index (χ3n) is 3.95. The van der Waals surface area contributed by atoms with Crippen molar-refractivity contribution in [3.05, 3.63) is 61.1 Å². The standard InChI is InChI=1S/C19H15Cl2N3O4S2/c20-12-4-1-3-11(16(12)21)9-14-18(27)24(19(28)30-14)7-6-22-15(25)10-23-17(26)13-5-2-8-29-13/h1-5,8-9H,6-7,10H2,(H,22,25)(H,23,26)/b14-9-. The Labute approximate surface area is 190 Å². The van der Waals surface area contributed by atoms with Crippen molar-refractivity contribution in [3.63, 3.8) is 0 Å². The Hall–Kier alpha value is -2.33. The molecule has 1 fully saturated rings. The van der Waals surface area contributed by atoms with Crippen molar-refractivity contribution in [1.29, 1.82) is 0 Å². The molecule has 30 heavy (non-hydrogen) atoms. The minimum atomic E-state index is -0.471. The summed E-state index contributed by atoms with van der Waals surface area (Å²) in [5.41, 5.74) is 0.532. The van der Waals surface area contributed by atoms with E-state index in [1.54, 1.807) is 35.7 Å². The lowest BCUT2D eigenvalue weighted by Gasteiger charge is -2.13. The number of imide groups is 1. The molecule has 156 valence electrons. The zero-order valence-electron chi connectivity index (χ0n) is 15.3. The number of thiophene rings is 1. The maximum atomic E-state index is 12.5. The molecule has 1 saturated heterocycles. The second-order valence-electron chi connectivity index (χ2n) is 5.99. The average Bonchev–Trinajstić information content (AvgIpc) is 3.34. The lowest BCUT2D eigenvalue weighted by atomic mass is 10.2. The fraction of sp³-hybridized carbons (Fsp3) is 0.158. The van der Waals surface area contributed by atoms with Crippen LogP contribution < -0.4 is 10.6 Å². The molecule has 4 amide bonds. The van der Waals surface area contributed by atoms with Gasteiger partial charge in [-0.25, -0.2) is 0 Å². The smallest absolute Gasteiger partial charge is 0.293 e. The number of amides is 4. The lowest BCUT2D eigenvalue weighted by molar-refractivity contribution is -0.124. The molecule has 0 atom stereocenters. The number of nitrogens with zero attached hydrogens (tertiary/aromatic N) is 1. The zero-order chi connectivity index (χ0) is 21.7. The van der Waals surface area contributed by atoms with Gasteiger partial charge in [-0.15, -0.1) is 11.3 Å². The summed E-state index contributed by atoms with van der Waals surface area (Å²) in [7, 11) is 0. The first-order valence-corrected chi connectivity index (χ1v) is 11.1. The van der Waals surface area contributed by atoms with Crippen molar-refractivity contribution in [1.82, 2.24) is 15.5 Å². The van der Waals surface area contributed by atoms with Crippen molar-refractivity contribution < 1.29 is 19.2 Å². The molecule has 1 aromatic carbocycles. The summed E-state index contributed by atoms with van der Waals surface area (Å²) < 4.78 is 0. The molecule has 2 aromatic rings. The predicted molar refractivity (Wildman–Crippen MR) is 119 cm³/mol.